The molecule has 0 bridgehead atoms. The van der Waals surface area contributed by atoms with Crippen LogP contribution in [0.5, 0.6) is 0 Å². The van der Waals surface area contributed by atoms with Gasteiger partial charge in [0.05, 0.1) is 23.5 Å². The monoisotopic (exact) mass is 360 g/mol. The number of amides is 1. The van der Waals surface area contributed by atoms with Crippen LogP contribution >= 0.6 is 0 Å². The minimum Gasteiger partial charge on any atom is -0.320 e. The number of rotatable bonds is 4. The number of carbonyl (C=O) groups is 1. The minimum atomic E-state index is -4.57. The van der Waals surface area contributed by atoms with Crippen LogP contribution in [0.15, 0.2) is 54.6 Å². The fourth-order valence-corrected chi connectivity index (χ4v) is 2.50. The Morgan fingerprint density at radius 2 is 1.73 bits per heavy atom. The van der Waals surface area contributed by atoms with Crippen molar-refractivity contribution >= 4 is 11.6 Å². The van der Waals surface area contributed by atoms with Crippen molar-refractivity contribution in [3.05, 3.63) is 77.1 Å². The number of nitrogens with zero attached hydrogens (tertiary/aromatic N) is 3. The summed E-state index contributed by atoms with van der Waals surface area (Å²) in [5, 5.41) is 10.0. The van der Waals surface area contributed by atoms with E-state index in [9.17, 15) is 18.0 Å². The molecule has 0 spiro atoms. The molecule has 1 aromatic heterocycles. The third-order valence-electron chi connectivity index (χ3n) is 3.85. The molecular weight excluding hydrogens is 345 g/mol. The lowest BCUT2D eigenvalue weighted by molar-refractivity contribution is -0.136. The molecule has 1 amide bonds. The van der Waals surface area contributed by atoms with Gasteiger partial charge in [0.25, 0.3) is 5.91 Å². The van der Waals surface area contributed by atoms with Crippen molar-refractivity contribution in [1.82, 2.24) is 15.0 Å². The molecule has 0 aliphatic carbocycles. The molecule has 0 atom stereocenters. The molecule has 8 heteroatoms. The van der Waals surface area contributed by atoms with E-state index in [2.05, 4.69) is 15.6 Å². The predicted molar refractivity (Wildman–Crippen MR) is 89.7 cm³/mol. The number of halogens is 3. The van der Waals surface area contributed by atoms with E-state index >= 15 is 0 Å². The largest absolute Gasteiger partial charge is 0.418 e. The molecule has 2 aromatic carbocycles. The Balaban J connectivity index is 1.82. The topological polar surface area (TPSA) is 59.8 Å². The summed E-state index contributed by atoms with van der Waals surface area (Å²) in [6, 6.07) is 14.2. The highest BCUT2D eigenvalue weighted by molar-refractivity contribution is 6.04. The Bertz CT molecular complexity index is 920. The van der Waals surface area contributed by atoms with Gasteiger partial charge in [-0.05, 0) is 24.6 Å². The van der Waals surface area contributed by atoms with E-state index in [1.54, 1.807) is 6.92 Å². The number of benzene rings is 2. The van der Waals surface area contributed by atoms with Crippen LogP contribution in [0.1, 0.15) is 27.3 Å². The summed E-state index contributed by atoms with van der Waals surface area (Å²) in [6.45, 7) is 2.06. The molecule has 26 heavy (non-hydrogen) atoms. The van der Waals surface area contributed by atoms with Gasteiger partial charge in [-0.1, -0.05) is 47.7 Å². The Kier molecular flexibility index (Phi) is 4.75. The maximum absolute atomic E-state index is 13.0. The van der Waals surface area contributed by atoms with Gasteiger partial charge in [0, 0.05) is 0 Å². The smallest absolute Gasteiger partial charge is 0.320 e. The van der Waals surface area contributed by atoms with Crippen LogP contribution < -0.4 is 5.32 Å². The number of carbonyl (C=O) groups excluding carboxylic acids is 1. The van der Waals surface area contributed by atoms with E-state index in [1.165, 1.54) is 22.9 Å². The van der Waals surface area contributed by atoms with E-state index in [4.69, 9.17) is 0 Å². The van der Waals surface area contributed by atoms with Crippen molar-refractivity contribution in [2.75, 3.05) is 5.32 Å². The van der Waals surface area contributed by atoms with Gasteiger partial charge >= 0.3 is 6.18 Å². The highest BCUT2D eigenvalue weighted by atomic mass is 19.4. The normalized spacial score (nSPS) is 11.4. The molecule has 3 aromatic rings. The molecule has 0 radical (unpaired) electrons. The molecule has 134 valence electrons. The van der Waals surface area contributed by atoms with Crippen molar-refractivity contribution < 1.29 is 18.0 Å². The Hall–Kier alpha value is -3.16. The van der Waals surface area contributed by atoms with Gasteiger partial charge in [-0.25, -0.2) is 4.68 Å². The van der Waals surface area contributed by atoms with Crippen LogP contribution in [0.25, 0.3) is 0 Å². The molecule has 0 unspecified atom stereocenters. The fourth-order valence-electron chi connectivity index (χ4n) is 2.50. The molecule has 0 fully saturated rings. The van der Waals surface area contributed by atoms with Crippen LogP contribution in [0.3, 0.4) is 0 Å². The molecule has 3 rings (SSSR count). The van der Waals surface area contributed by atoms with Gasteiger partial charge < -0.3 is 5.32 Å². The molecule has 5 nitrogen and oxygen atoms in total. The maximum Gasteiger partial charge on any atom is 0.418 e. The highest BCUT2D eigenvalue weighted by Gasteiger charge is 2.34. The number of para-hydroxylation sites is 1. The van der Waals surface area contributed by atoms with Crippen LogP contribution in [0.4, 0.5) is 18.9 Å². The first-order valence-electron chi connectivity index (χ1n) is 7.78. The van der Waals surface area contributed by atoms with Crippen molar-refractivity contribution in [3.63, 3.8) is 0 Å². The lowest BCUT2D eigenvalue weighted by Crippen LogP contribution is -2.18. The zero-order valence-electron chi connectivity index (χ0n) is 13.8. The second kappa shape index (κ2) is 6.99. The van der Waals surface area contributed by atoms with Gasteiger partial charge in [-0.3, -0.25) is 4.79 Å². The number of alkyl halides is 3. The summed E-state index contributed by atoms with van der Waals surface area (Å²) in [4.78, 5) is 12.4. The first kappa shape index (κ1) is 17.7. The van der Waals surface area contributed by atoms with Crippen LogP contribution in [-0.2, 0) is 12.7 Å². The SMILES string of the molecule is Cc1c(C(=O)Nc2ccccc2C(F)(F)F)nnn1Cc1ccccc1. The van der Waals surface area contributed by atoms with E-state index in [0.29, 0.717) is 12.2 Å². The molecule has 0 aliphatic rings. The van der Waals surface area contributed by atoms with Crippen LogP contribution in [0.2, 0.25) is 0 Å². The number of hydrogen-bond donors (Lipinski definition) is 1. The summed E-state index contributed by atoms with van der Waals surface area (Å²) in [6.07, 6.45) is -4.57. The standard InChI is InChI=1S/C18H15F3N4O/c1-12-16(23-24-25(12)11-13-7-3-2-4-8-13)17(26)22-15-10-6-5-9-14(15)18(19,20)21/h2-10H,11H2,1H3,(H,22,26). The zero-order valence-corrected chi connectivity index (χ0v) is 13.8. The van der Waals surface area contributed by atoms with E-state index in [-0.39, 0.29) is 11.4 Å². The number of anilines is 1. The Morgan fingerprint density at radius 1 is 1.08 bits per heavy atom. The first-order chi connectivity index (χ1) is 12.4. The third-order valence-corrected chi connectivity index (χ3v) is 3.85. The van der Waals surface area contributed by atoms with E-state index in [0.717, 1.165) is 11.6 Å². The fraction of sp³-hybridized carbons (Fsp3) is 0.167. The maximum atomic E-state index is 13.0. The summed E-state index contributed by atoms with van der Waals surface area (Å²) in [7, 11) is 0. The predicted octanol–water partition coefficient (Wildman–Crippen LogP) is 3.91. The summed E-state index contributed by atoms with van der Waals surface area (Å²) < 4.78 is 40.7. The van der Waals surface area contributed by atoms with Crippen LogP contribution in [-0.4, -0.2) is 20.9 Å². The lowest BCUT2D eigenvalue weighted by atomic mass is 10.1. The van der Waals surface area contributed by atoms with Crippen molar-refractivity contribution in [3.8, 4) is 0 Å². The highest BCUT2D eigenvalue weighted by Crippen LogP contribution is 2.34. The minimum absolute atomic E-state index is 0.0158. The van der Waals surface area contributed by atoms with Crippen LogP contribution in [0, 0.1) is 6.92 Å². The number of aromatic nitrogens is 3. The number of hydrogen-bond acceptors (Lipinski definition) is 3. The molecule has 0 saturated carbocycles. The van der Waals surface area contributed by atoms with Gasteiger partial charge in [-0.15, -0.1) is 5.10 Å². The summed E-state index contributed by atoms with van der Waals surface area (Å²) in [5.41, 5.74) is 0.188. The molecule has 0 aliphatic heterocycles. The van der Waals surface area contributed by atoms with E-state index in [1.807, 2.05) is 30.3 Å². The molecule has 0 saturated heterocycles. The molecule has 1 N–H and O–H groups in total. The first-order valence-corrected chi connectivity index (χ1v) is 7.78. The second-order valence-corrected chi connectivity index (χ2v) is 5.66. The van der Waals surface area contributed by atoms with Gasteiger partial charge in [0.1, 0.15) is 0 Å². The summed E-state index contributed by atoms with van der Waals surface area (Å²) in [5.74, 6) is -0.737. The number of nitrogens with one attached hydrogen (secondary N) is 1. The quantitative estimate of drug-likeness (QED) is 0.768. The molecule has 1 heterocycles. The van der Waals surface area contributed by atoms with Crippen molar-refractivity contribution in [2.24, 2.45) is 0 Å². The third kappa shape index (κ3) is 3.74. The Labute approximate surface area is 147 Å². The van der Waals surface area contributed by atoms with Crippen molar-refractivity contribution in [1.29, 1.82) is 0 Å². The molecular formula is C18H15F3N4O. The van der Waals surface area contributed by atoms with E-state index < -0.39 is 17.6 Å². The lowest BCUT2D eigenvalue weighted by Gasteiger charge is -2.13. The van der Waals surface area contributed by atoms with Gasteiger partial charge in [0.15, 0.2) is 5.69 Å². The van der Waals surface area contributed by atoms with Gasteiger partial charge in [-0.2, -0.15) is 13.2 Å². The Morgan fingerprint density at radius 3 is 2.42 bits per heavy atom. The van der Waals surface area contributed by atoms with Crippen molar-refractivity contribution in [2.45, 2.75) is 19.6 Å². The van der Waals surface area contributed by atoms with Gasteiger partial charge in [0.2, 0.25) is 0 Å². The summed E-state index contributed by atoms with van der Waals surface area (Å²) >= 11 is 0. The average Bonchev–Trinajstić information content (AvgIpc) is 2.96. The average molecular weight is 360 g/mol. The second-order valence-electron chi connectivity index (χ2n) is 5.66. The zero-order chi connectivity index (χ0) is 18.7.